The van der Waals surface area contributed by atoms with Gasteiger partial charge in [0.15, 0.2) is 0 Å². The Hall–Kier alpha value is -1.63. The van der Waals surface area contributed by atoms with Gasteiger partial charge in [-0.25, -0.2) is 13.1 Å². The third-order valence-corrected chi connectivity index (χ3v) is 4.88. The van der Waals surface area contributed by atoms with E-state index in [0.29, 0.717) is 30.8 Å². The van der Waals surface area contributed by atoms with Crippen molar-refractivity contribution >= 4 is 20.8 Å². The Bertz CT molecular complexity index is 729. The van der Waals surface area contributed by atoms with Crippen molar-refractivity contribution in [1.29, 1.82) is 0 Å². The van der Waals surface area contributed by atoms with Crippen molar-refractivity contribution in [2.24, 2.45) is 5.73 Å². The van der Waals surface area contributed by atoms with E-state index < -0.39 is 10.0 Å². The number of hydrogen-bond donors (Lipinski definition) is 2. The second kappa shape index (κ2) is 7.58. The van der Waals surface area contributed by atoms with Crippen LogP contribution < -0.4 is 15.2 Å². The summed E-state index contributed by atoms with van der Waals surface area (Å²) in [7, 11) is -3.55. The van der Waals surface area contributed by atoms with E-state index in [2.05, 4.69) is 4.72 Å². The number of benzene rings is 2. The van der Waals surface area contributed by atoms with Gasteiger partial charge in [0.05, 0.1) is 11.5 Å². The lowest BCUT2D eigenvalue weighted by molar-refractivity contribution is 0.344. The molecule has 0 saturated carbocycles. The molecule has 0 saturated heterocycles. The van der Waals surface area contributed by atoms with Crippen molar-refractivity contribution in [3.05, 3.63) is 36.4 Å². The Morgan fingerprint density at radius 2 is 1.82 bits per heavy atom. The number of ether oxygens (including phenoxy) is 1. The van der Waals surface area contributed by atoms with Gasteiger partial charge in [0.2, 0.25) is 10.0 Å². The second-order valence-corrected chi connectivity index (χ2v) is 6.67. The average Bonchev–Trinajstić information content (AvgIpc) is 2.52. The fourth-order valence-corrected chi connectivity index (χ4v) is 3.60. The van der Waals surface area contributed by atoms with Crippen molar-refractivity contribution in [1.82, 2.24) is 4.72 Å². The monoisotopic (exact) mass is 322 g/mol. The second-order valence-electron chi connectivity index (χ2n) is 4.93. The molecule has 0 unspecified atom stereocenters. The summed E-state index contributed by atoms with van der Waals surface area (Å²) in [5.41, 5.74) is 5.42. The molecular formula is C16H22N2O3S. The zero-order valence-electron chi connectivity index (χ0n) is 12.7. The fraction of sp³-hybridized carbons (Fsp3) is 0.375. The predicted molar refractivity (Wildman–Crippen MR) is 88.6 cm³/mol. The highest BCUT2D eigenvalue weighted by Crippen LogP contribution is 2.30. The van der Waals surface area contributed by atoms with Crippen molar-refractivity contribution in [2.45, 2.75) is 24.7 Å². The summed E-state index contributed by atoms with van der Waals surface area (Å²) in [6, 6.07) is 10.7. The van der Waals surface area contributed by atoms with Gasteiger partial charge in [-0.15, -0.1) is 0 Å². The first-order chi connectivity index (χ1) is 10.6. The quantitative estimate of drug-likeness (QED) is 0.730. The van der Waals surface area contributed by atoms with Crippen LogP contribution in [0.15, 0.2) is 41.3 Å². The lowest BCUT2D eigenvalue weighted by atomic mass is 10.1. The number of nitrogens with one attached hydrogen (secondary N) is 1. The van der Waals surface area contributed by atoms with E-state index in [9.17, 15) is 8.42 Å². The first kappa shape index (κ1) is 16.7. The average molecular weight is 322 g/mol. The molecule has 0 amide bonds. The number of nitrogens with two attached hydrogens (primary N) is 1. The molecule has 6 heteroatoms. The molecule has 5 nitrogen and oxygen atoms in total. The van der Waals surface area contributed by atoms with Crippen molar-refractivity contribution < 1.29 is 13.2 Å². The maximum Gasteiger partial charge on any atom is 0.241 e. The third-order valence-electron chi connectivity index (χ3n) is 3.36. The third kappa shape index (κ3) is 3.76. The van der Waals surface area contributed by atoms with E-state index in [1.165, 1.54) is 0 Å². The highest BCUT2D eigenvalue weighted by molar-refractivity contribution is 7.89. The molecule has 0 radical (unpaired) electrons. The highest BCUT2D eigenvalue weighted by Gasteiger charge is 2.18. The first-order valence-electron chi connectivity index (χ1n) is 7.44. The normalized spacial score (nSPS) is 11.7. The summed E-state index contributed by atoms with van der Waals surface area (Å²) in [6.45, 7) is 3.39. The Labute approximate surface area is 131 Å². The van der Waals surface area contributed by atoms with E-state index in [1.54, 1.807) is 18.2 Å². The first-order valence-corrected chi connectivity index (χ1v) is 8.92. The molecule has 0 heterocycles. The number of unbranched alkanes of at least 4 members (excludes halogenated alkanes) is 1. The topological polar surface area (TPSA) is 81.4 Å². The molecule has 22 heavy (non-hydrogen) atoms. The van der Waals surface area contributed by atoms with Crippen LogP contribution in [0.3, 0.4) is 0 Å². The van der Waals surface area contributed by atoms with Gasteiger partial charge in [-0.3, -0.25) is 0 Å². The Morgan fingerprint density at radius 1 is 1.09 bits per heavy atom. The lowest BCUT2D eigenvalue weighted by Crippen LogP contribution is -2.25. The zero-order chi connectivity index (χ0) is 16.0. The molecule has 2 aromatic rings. The summed E-state index contributed by atoms with van der Waals surface area (Å²) in [6.07, 6.45) is 1.53. The van der Waals surface area contributed by atoms with E-state index in [0.717, 1.165) is 18.2 Å². The molecule has 0 aromatic heterocycles. The van der Waals surface area contributed by atoms with Crippen molar-refractivity contribution in [3.63, 3.8) is 0 Å². The van der Waals surface area contributed by atoms with Crippen LogP contribution >= 0.6 is 0 Å². The van der Waals surface area contributed by atoms with E-state index in [4.69, 9.17) is 10.5 Å². The van der Waals surface area contributed by atoms with Crippen LogP contribution in [0.2, 0.25) is 0 Å². The fourth-order valence-electron chi connectivity index (χ4n) is 2.31. The van der Waals surface area contributed by atoms with Crippen LogP contribution in [-0.2, 0) is 10.0 Å². The lowest BCUT2D eigenvalue weighted by Gasteiger charge is -2.12. The summed E-state index contributed by atoms with van der Waals surface area (Å²) in [5, 5.41) is 1.47. The SMILES string of the molecule is CCOc1ccc(S(=O)(=O)NCCCCN)c2ccccc12. The summed E-state index contributed by atoms with van der Waals surface area (Å²) >= 11 is 0. The Kier molecular flexibility index (Phi) is 5.76. The number of rotatable bonds is 8. The van der Waals surface area contributed by atoms with E-state index in [-0.39, 0.29) is 4.90 Å². The smallest absolute Gasteiger partial charge is 0.241 e. The largest absolute Gasteiger partial charge is 0.493 e. The zero-order valence-corrected chi connectivity index (χ0v) is 13.5. The molecule has 2 rings (SSSR count). The van der Waals surface area contributed by atoms with Crippen molar-refractivity contribution in [3.8, 4) is 5.75 Å². The molecule has 0 aliphatic rings. The van der Waals surface area contributed by atoms with Crippen LogP contribution in [0.4, 0.5) is 0 Å². The van der Waals surface area contributed by atoms with Crippen LogP contribution in [-0.4, -0.2) is 28.1 Å². The minimum atomic E-state index is -3.55. The molecule has 0 aliphatic carbocycles. The van der Waals surface area contributed by atoms with Gasteiger partial charge in [0, 0.05) is 17.3 Å². The summed E-state index contributed by atoms with van der Waals surface area (Å²) in [4.78, 5) is 0.277. The predicted octanol–water partition coefficient (Wildman–Crippen LogP) is 2.26. The van der Waals surface area contributed by atoms with Crippen LogP contribution in [0.5, 0.6) is 5.75 Å². The van der Waals surface area contributed by atoms with Crippen LogP contribution in [0, 0.1) is 0 Å². The Morgan fingerprint density at radius 3 is 2.50 bits per heavy atom. The van der Waals surface area contributed by atoms with Crippen molar-refractivity contribution in [2.75, 3.05) is 19.7 Å². The van der Waals surface area contributed by atoms with Gasteiger partial charge >= 0.3 is 0 Å². The van der Waals surface area contributed by atoms with Crippen LogP contribution in [0.1, 0.15) is 19.8 Å². The molecule has 120 valence electrons. The molecule has 0 bridgehead atoms. The molecule has 2 aromatic carbocycles. The van der Waals surface area contributed by atoms with Gasteiger partial charge in [-0.1, -0.05) is 24.3 Å². The van der Waals surface area contributed by atoms with Gasteiger partial charge in [0.25, 0.3) is 0 Å². The maximum absolute atomic E-state index is 12.5. The number of sulfonamides is 1. The van der Waals surface area contributed by atoms with Gasteiger partial charge < -0.3 is 10.5 Å². The maximum atomic E-state index is 12.5. The highest BCUT2D eigenvalue weighted by atomic mass is 32.2. The number of fused-ring (bicyclic) bond motifs is 1. The minimum Gasteiger partial charge on any atom is -0.493 e. The Balaban J connectivity index is 2.37. The van der Waals surface area contributed by atoms with E-state index in [1.807, 2.05) is 25.1 Å². The molecular weight excluding hydrogens is 300 g/mol. The standard InChI is InChI=1S/C16H22N2O3S/c1-2-21-15-9-10-16(14-8-4-3-7-13(14)15)22(19,20)18-12-6-5-11-17/h3-4,7-10,18H,2,5-6,11-12,17H2,1H3. The molecule has 0 atom stereocenters. The summed E-state index contributed by atoms with van der Waals surface area (Å²) < 4.78 is 33.2. The molecule has 3 N–H and O–H groups in total. The molecule has 0 fully saturated rings. The van der Waals surface area contributed by atoms with E-state index >= 15 is 0 Å². The van der Waals surface area contributed by atoms with Gasteiger partial charge in [-0.05, 0) is 38.4 Å². The molecule has 0 aliphatic heterocycles. The minimum absolute atomic E-state index is 0.277. The summed E-state index contributed by atoms with van der Waals surface area (Å²) in [5.74, 6) is 0.695. The number of hydrogen-bond acceptors (Lipinski definition) is 4. The van der Waals surface area contributed by atoms with Crippen LogP contribution in [0.25, 0.3) is 10.8 Å². The van der Waals surface area contributed by atoms with Gasteiger partial charge in [-0.2, -0.15) is 0 Å². The molecule has 0 spiro atoms. The van der Waals surface area contributed by atoms with Gasteiger partial charge in [0.1, 0.15) is 5.75 Å².